The Bertz CT molecular complexity index is 1290. The van der Waals surface area contributed by atoms with E-state index in [1.54, 1.807) is 25.1 Å². The van der Waals surface area contributed by atoms with Gasteiger partial charge in [-0.15, -0.1) is 0 Å². The molecule has 0 spiro atoms. The van der Waals surface area contributed by atoms with Gasteiger partial charge in [-0.05, 0) is 47.5 Å². The van der Waals surface area contributed by atoms with Gasteiger partial charge >= 0.3 is 11.9 Å². The fourth-order valence-electron chi connectivity index (χ4n) is 4.39. The summed E-state index contributed by atoms with van der Waals surface area (Å²) < 4.78 is 21.7. The van der Waals surface area contributed by atoms with E-state index in [4.69, 9.17) is 14.2 Å². The number of ketones is 1. The van der Waals surface area contributed by atoms with Gasteiger partial charge in [-0.1, -0.05) is 24.3 Å². The monoisotopic (exact) mass is 541 g/mol. The Hall–Kier alpha value is -3.59. The molecule has 1 atom stereocenters. The number of hydrogen-bond donors (Lipinski definition) is 1. The van der Waals surface area contributed by atoms with E-state index < -0.39 is 17.9 Å². The first-order valence-electron chi connectivity index (χ1n) is 10.9. The molecule has 35 heavy (non-hydrogen) atoms. The second kappa shape index (κ2) is 9.95. The van der Waals surface area contributed by atoms with E-state index in [0.29, 0.717) is 56.2 Å². The molecule has 0 radical (unpaired) electrons. The number of fused-ring (bicyclic) bond motifs is 2. The Morgan fingerprint density at radius 1 is 1.06 bits per heavy atom. The number of Topliss-reactive ketones (excluding diaryl/α,β-unsaturated/α-hetero) is 1. The van der Waals surface area contributed by atoms with Gasteiger partial charge in [0.05, 0.1) is 36.6 Å². The number of esters is 2. The van der Waals surface area contributed by atoms with E-state index in [9.17, 15) is 14.4 Å². The average molecular weight is 542 g/mol. The van der Waals surface area contributed by atoms with Crippen molar-refractivity contribution in [2.75, 3.05) is 27.4 Å². The van der Waals surface area contributed by atoms with Crippen molar-refractivity contribution in [2.45, 2.75) is 19.8 Å². The lowest BCUT2D eigenvalue weighted by molar-refractivity contribution is -0.143. The summed E-state index contributed by atoms with van der Waals surface area (Å²) in [6, 6.07) is 10.8. The highest BCUT2D eigenvalue weighted by atomic mass is 79.9. The molecule has 0 bridgehead atoms. The van der Waals surface area contributed by atoms with Crippen molar-refractivity contribution in [3.05, 3.63) is 74.4 Å². The molecule has 0 saturated heterocycles. The number of nitrogens with one attached hydrogen (secondary N) is 1. The number of rotatable bonds is 7. The Morgan fingerprint density at radius 2 is 1.77 bits per heavy atom. The lowest BCUT2D eigenvalue weighted by atomic mass is 9.79. The first kappa shape index (κ1) is 24.5. The van der Waals surface area contributed by atoms with E-state index in [1.165, 1.54) is 14.2 Å². The Balaban J connectivity index is 1.89. The van der Waals surface area contributed by atoms with E-state index in [2.05, 4.69) is 26.0 Å². The van der Waals surface area contributed by atoms with Gasteiger partial charge in [0.2, 0.25) is 0 Å². The molecule has 4 rings (SSSR count). The van der Waals surface area contributed by atoms with Crippen molar-refractivity contribution in [3.8, 4) is 11.5 Å². The molecular formula is C26H24BrNO7. The number of ether oxygens (including phenoxy) is 4. The van der Waals surface area contributed by atoms with Gasteiger partial charge in [-0.2, -0.15) is 0 Å². The molecule has 182 valence electrons. The fourth-order valence-corrected chi connectivity index (χ4v) is 4.96. The predicted molar refractivity (Wildman–Crippen MR) is 131 cm³/mol. The van der Waals surface area contributed by atoms with Gasteiger partial charge in [0.1, 0.15) is 0 Å². The van der Waals surface area contributed by atoms with Crippen LogP contribution in [0.2, 0.25) is 0 Å². The summed E-state index contributed by atoms with van der Waals surface area (Å²) in [7, 11) is 2.58. The molecule has 1 N–H and O–H groups in total. The summed E-state index contributed by atoms with van der Waals surface area (Å²) in [6.07, 6.45) is 0. The molecule has 0 saturated carbocycles. The van der Waals surface area contributed by atoms with Crippen LogP contribution in [0.3, 0.4) is 0 Å². The third-order valence-corrected chi connectivity index (χ3v) is 6.47. The Morgan fingerprint density at radius 3 is 2.43 bits per heavy atom. The highest BCUT2D eigenvalue weighted by Crippen LogP contribution is 2.49. The standard InChI is InChI=1S/C26H24BrNO7/c1-5-34-18-11-14(10-17(27)25(18)35-12-19(29)32-3)21-20(26(31)33-4)13(2)28-23-15-8-6-7-9-16(15)24(30)22(21)23/h6-11,21,28H,5,12H2,1-4H3/t21-/m1/s1. The maximum Gasteiger partial charge on any atom is 0.343 e. The maximum absolute atomic E-state index is 13.6. The van der Waals surface area contributed by atoms with E-state index in [-0.39, 0.29) is 12.4 Å². The zero-order valence-electron chi connectivity index (χ0n) is 19.7. The summed E-state index contributed by atoms with van der Waals surface area (Å²) in [4.78, 5) is 38.1. The van der Waals surface area contributed by atoms with Gasteiger partial charge < -0.3 is 24.3 Å². The summed E-state index contributed by atoms with van der Waals surface area (Å²) >= 11 is 3.51. The molecule has 0 aromatic heterocycles. The van der Waals surface area contributed by atoms with Crippen molar-refractivity contribution in [1.29, 1.82) is 0 Å². The lowest BCUT2D eigenvalue weighted by Crippen LogP contribution is -2.29. The largest absolute Gasteiger partial charge is 0.490 e. The summed E-state index contributed by atoms with van der Waals surface area (Å²) in [6.45, 7) is 3.61. The Kier molecular flexibility index (Phi) is 6.98. The van der Waals surface area contributed by atoms with E-state index in [0.717, 1.165) is 5.56 Å². The van der Waals surface area contributed by atoms with Crippen LogP contribution in [0.25, 0.3) is 5.70 Å². The van der Waals surface area contributed by atoms with Crippen LogP contribution in [0, 0.1) is 0 Å². The molecule has 0 amide bonds. The van der Waals surface area contributed by atoms with Crippen LogP contribution in [0.15, 0.2) is 57.7 Å². The number of carbonyl (C=O) groups is 3. The normalized spacial score (nSPS) is 16.4. The Labute approximate surface area is 211 Å². The number of halogens is 1. The van der Waals surface area contributed by atoms with Crippen LogP contribution in [-0.4, -0.2) is 45.2 Å². The number of methoxy groups -OCH3 is 2. The molecule has 8 nitrogen and oxygen atoms in total. The minimum atomic E-state index is -0.719. The molecule has 0 unspecified atom stereocenters. The summed E-state index contributed by atoms with van der Waals surface area (Å²) in [5.41, 5.74) is 4.01. The van der Waals surface area contributed by atoms with Crippen molar-refractivity contribution in [1.82, 2.24) is 5.32 Å². The van der Waals surface area contributed by atoms with Crippen molar-refractivity contribution in [2.24, 2.45) is 0 Å². The average Bonchev–Trinajstić information content (AvgIpc) is 3.13. The van der Waals surface area contributed by atoms with Crippen LogP contribution in [0.1, 0.15) is 41.3 Å². The van der Waals surface area contributed by atoms with Crippen LogP contribution in [-0.2, 0) is 19.1 Å². The predicted octanol–water partition coefficient (Wildman–Crippen LogP) is 4.14. The lowest BCUT2D eigenvalue weighted by Gasteiger charge is -2.29. The zero-order chi connectivity index (χ0) is 25.3. The van der Waals surface area contributed by atoms with E-state index >= 15 is 0 Å². The van der Waals surface area contributed by atoms with E-state index in [1.807, 2.05) is 25.1 Å². The summed E-state index contributed by atoms with van der Waals surface area (Å²) in [5, 5.41) is 3.25. The molecule has 2 aliphatic rings. The van der Waals surface area contributed by atoms with Gasteiger partial charge in [-0.3, -0.25) is 4.79 Å². The van der Waals surface area contributed by atoms with Crippen molar-refractivity contribution >= 4 is 39.3 Å². The van der Waals surface area contributed by atoms with Crippen LogP contribution in [0.5, 0.6) is 11.5 Å². The smallest absolute Gasteiger partial charge is 0.343 e. The maximum atomic E-state index is 13.6. The molecule has 0 fully saturated rings. The molecule has 2 aromatic carbocycles. The van der Waals surface area contributed by atoms with Crippen LogP contribution < -0.4 is 14.8 Å². The highest BCUT2D eigenvalue weighted by molar-refractivity contribution is 9.10. The number of hydrogen-bond acceptors (Lipinski definition) is 8. The molecular weight excluding hydrogens is 518 g/mol. The van der Waals surface area contributed by atoms with Crippen molar-refractivity contribution < 1.29 is 33.3 Å². The highest BCUT2D eigenvalue weighted by Gasteiger charge is 2.43. The molecule has 9 heteroatoms. The number of benzene rings is 2. The van der Waals surface area contributed by atoms with Crippen molar-refractivity contribution in [3.63, 3.8) is 0 Å². The number of carbonyl (C=O) groups excluding carboxylic acids is 3. The van der Waals surface area contributed by atoms with Gasteiger partial charge in [0, 0.05) is 28.3 Å². The third kappa shape index (κ3) is 4.32. The number of dihydropyridines is 1. The molecule has 1 heterocycles. The molecule has 1 aliphatic carbocycles. The SMILES string of the molecule is CCOc1cc([C@@H]2C(C(=O)OC)=C(C)NC3=C2C(=O)c2ccccc23)cc(Br)c1OCC(=O)OC. The second-order valence-electron chi connectivity index (χ2n) is 7.88. The minimum absolute atomic E-state index is 0.165. The fraction of sp³-hybridized carbons (Fsp3) is 0.269. The minimum Gasteiger partial charge on any atom is -0.490 e. The zero-order valence-corrected chi connectivity index (χ0v) is 21.3. The third-order valence-electron chi connectivity index (χ3n) is 5.88. The van der Waals surface area contributed by atoms with Gasteiger partial charge in [-0.25, -0.2) is 9.59 Å². The topological polar surface area (TPSA) is 100 Å². The number of allylic oxidation sites excluding steroid dienone is 2. The first-order chi connectivity index (χ1) is 16.8. The quantitative estimate of drug-likeness (QED) is 0.522. The second-order valence-corrected chi connectivity index (χ2v) is 8.73. The van der Waals surface area contributed by atoms with Gasteiger partial charge in [0.15, 0.2) is 23.9 Å². The first-order valence-corrected chi connectivity index (χ1v) is 11.7. The van der Waals surface area contributed by atoms with Gasteiger partial charge in [0.25, 0.3) is 0 Å². The van der Waals surface area contributed by atoms with Crippen LogP contribution in [0.4, 0.5) is 0 Å². The van der Waals surface area contributed by atoms with Crippen LogP contribution >= 0.6 is 15.9 Å². The summed E-state index contributed by atoms with van der Waals surface area (Å²) in [5.74, 6) is -1.31. The molecule has 1 aliphatic heterocycles. The molecule has 2 aromatic rings.